The van der Waals surface area contributed by atoms with E-state index in [0.717, 1.165) is 0 Å². The van der Waals surface area contributed by atoms with Gasteiger partial charge in [0.1, 0.15) is 12.0 Å². The summed E-state index contributed by atoms with van der Waals surface area (Å²) in [5.41, 5.74) is 7.38. The van der Waals surface area contributed by atoms with E-state index in [1.807, 2.05) is 18.2 Å². The second-order valence-electron chi connectivity index (χ2n) is 3.81. The average Bonchev–Trinajstić information content (AvgIpc) is 2.77. The van der Waals surface area contributed by atoms with Gasteiger partial charge in [0.2, 0.25) is 0 Å². The van der Waals surface area contributed by atoms with Gasteiger partial charge in [-0.3, -0.25) is 4.79 Å². The molecule has 0 aliphatic heterocycles. The number of benzene rings is 1. The summed E-state index contributed by atoms with van der Waals surface area (Å²) >= 11 is 0. The van der Waals surface area contributed by atoms with Crippen molar-refractivity contribution in [2.24, 2.45) is 0 Å². The van der Waals surface area contributed by atoms with Gasteiger partial charge >= 0.3 is 0 Å². The monoisotopic (exact) mass is 227 g/mol. The summed E-state index contributed by atoms with van der Waals surface area (Å²) in [6.07, 6.45) is 1.67. The summed E-state index contributed by atoms with van der Waals surface area (Å²) in [6.45, 7) is 3.83. The first-order valence-corrected chi connectivity index (χ1v) is 5.27. The molecule has 17 heavy (non-hydrogen) atoms. The maximum absolute atomic E-state index is 11.9. The zero-order valence-corrected chi connectivity index (χ0v) is 9.35. The van der Waals surface area contributed by atoms with Crippen LogP contribution in [0.1, 0.15) is 22.5 Å². The Morgan fingerprint density at radius 2 is 2.00 bits per heavy atom. The number of allylic oxidation sites excluding steroid dienone is 1. The third-order valence-electron chi connectivity index (χ3n) is 2.44. The van der Waals surface area contributed by atoms with Crippen molar-refractivity contribution in [3.63, 3.8) is 0 Å². The molecule has 0 unspecified atom stereocenters. The maximum atomic E-state index is 11.9. The molecule has 3 nitrogen and oxygen atoms in total. The van der Waals surface area contributed by atoms with Crippen molar-refractivity contribution in [2.75, 3.05) is 5.73 Å². The van der Waals surface area contributed by atoms with Crippen molar-refractivity contribution in [2.45, 2.75) is 6.42 Å². The fraction of sp³-hybridized carbons (Fsp3) is 0.0714. The number of furan rings is 1. The quantitative estimate of drug-likeness (QED) is 0.816. The number of nitrogen functional groups attached to an aromatic ring is 1. The van der Waals surface area contributed by atoms with E-state index in [-0.39, 0.29) is 12.2 Å². The zero-order chi connectivity index (χ0) is 12.3. The summed E-state index contributed by atoms with van der Waals surface area (Å²) in [7, 11) is 0. The Morgan fingerprint density at radius 3 is 2.59 bits per heavy atom. The topological polar surface area (TPSA) is 56.2 Å². The number of anilines is 1. The van der Waals surface area contributed by atoms with Gasteiger partial charge in [0.15, 0.2) is 5.78 Å². The van der Waals surface area contributed by atoms with Crippen molar-refractivity contribution < 1.29 is 9.21 Å². The van der Waals surface area contributed by atoms with Gasteiger partial charge in [-0.15, -0.1) is 0 Å². The van der Waals surface area contributed by atoms with Crippen molar-refractivity contribution in [3.05, 3.63) is 60.6 Å². The first-order valence-electron chi connectivity index (χ1n) is 5.27. The van der Waals surface area contributed by atoms with Gasteiger partial charge in [-0.25, -0.2) is 0 Å². The third kappa shape index (κ3) is 2.64. The molecule has 0 fully saturated rings. The van der Waals surface area contributed by atoms with E-state index in [0.29, 0.717) is 22.6 Å². The lowest BCUT2D eigenvalue weighted by Gasteiger charge is -2.01. The van der Waals surface area contributed by atoms with Crippen LogP contribution in [0.5, 0.6) is 0 Å². The van der Waals surface area contributed by atoms with E-state index in [4.69, 9.17) is 10.2 Å². The van der Waals surface area contributed by atoms with Gasteiger partial charge in [-0.2, -0.15) is 0 Å². The van der Waals surface area contributed by atoms with Crippen LogP contribution < -0.4 is 5.73 Å². The number of nitrogens with two attached hydrogens (primary N) is 1. The van der Waals surface area contributed by atoms with Crippen molar-refractivity contribution in [1.29, 1.82) is 0 Å². The predicted octanol–water partition coefficient (Wildman–Crippen LogP) is 3.15. The van der Waals surface area contributed by atoms with Crippen molar-refractivity contribution in [3.8, 4) is 0 Å². The number of Topliss-reactive ketones (excluding diaryl/α,β-unsaturated/α-hetero) is 1. The molecule has 0 saturated heterocycles. The van der Waals surface area contributed by atoms with Crippen LogP contribution >= 0.6 is 0 Å². The molecular weight excluding hydrogens is 214 g/mol. The smallest absolute Gasteiger partial charge is 0.167 e. The van der Waals surface area contributed by atoms with E-state index in [9.17, 15) is 4.79 Å². The Labute approximate surface area is 99.6 Å². The number of rotatable bonds is 4. The Bertz CT molecular complexity index is 540. The molecule has 0 radical (unpaired) electrons. The van der Waals surface area contributed by atoms with Crippen LogP contribution in [0.25, 0.3) is 5.57 Å². The lowest BCUT2D eigenvalue weighted by molar-refractivity contribution is 0.0998. The van der Waals surface area contributed by atoms with E-state index in [2.05, 4.69) is 6.58 Å². The minimum atomic E-state index is 0.0190. The van der Waals surface area contributed by atoms with E-state index < -0.39 is 0 Å². The lowest BCUT2D eigenvalue weighted by atomic mass is 10.0. The summed E-state index contributed by atoms with van der Waals surface area (Å²) in [6, 6.07) is 10.8. The van der Waals surface area contributed by atoms with E-state index in [1.165, 1.54) is 6.26 Å². The largest absolute Gasteiger partial charge is 0.462 e. The third-order valence-corrected chi connectivity index (χ3v) is 2.44. The molecule has 2 aromatic rings. The number of hydrogen-bond acceptors (Lipinski definition) is 3. The second-order valence-corrected chi connectivity index (χ2v) is 3.81. The van der Waals surface area contributed by atoms with Gasteiger partial charge < -0.3 is 10.2 Å². The Hall–Kier alpha value is -2.29. The van der Waals surface area contributed by atoms with Crippen molar-refractivity contribution >= 4 is 17.0 Å². The van der Waals surface area contributed by atoms with Gasteiger partial charge in [0.25, 0.3) is 0 Å². The summed E-state index contributed by atoms with van der Waals surface area (Å²) < 4.78 is 5.19. The number of carbonyl (C=O) groups is 1. The molecule has 0 spiro atoms. The predicted molar refractivity (Wildman–Crippen MR) is 67.5 cm³/mol. The molecule has 1 aromatic heterocycles. The number of ketones is 1. The molecule has 0 aliphatic carbocycles. The fourth-order valence-electron chi connectivity index (χ4n) is 1.54. The molecule has 3 heteroatoms. The highest BCUT2D eigenvalue weighted by Gasteiger charge is 2.11. The fourth-order valence-corrected chi connectivity index (χ4v) is 1.54. The van der Waals surface area contributed by atoms with Crippen molar-refractivity contribution in [1.82, 2.24) is 0 Å². The highest BCUT2D eigenvalue weighted by molar-refractivity contribution is 6.01. The molecule has 0 amide bonds. The number of hydrogen-bond donors (Lipinski definition) is 1. The molecular formula is C14H13NO2. The first kappa shape index (κ1) is 11.2. The molecule has 1 aromatic carbocycles. The molecule has 86 valence electrons. The molecule has 2 N–H and O–H groups in total. The van der Waals surface area contributed by atoms with Crippen LogP contribution in [-0.2, 0) is 0 Å². The van der Waals surface area contributed by atoms with Crippen LogP contribution in [0.15, 0.2) is 53.7 Å². The molecule has 1 heterocycles. The van der Waals surface area contributed by atoms with Gasteiger partial charge in [-0.05, 0) is 5.57 Å². The van der Waals surface area contributed by atoms with E-state index in [1.54, 1.807) is 18.2 Å². The standard InChI is InChI=1S/C14H13NO2/c1-10(14-8-12(15)9-17-14)7-13(16)11-5-3-2-4-6-11/h2-6,8-9H,1,7,15H2. The summed E-state index contributed by atoms with van der Waals surface area (Å²) in [4.78, 5) is 11.9. The highest BCUT2D eigenvalue weighted by Crippen LogP contribution is 2.21. The first-order chi connectivity index (χ1) is 8.16. The molecule has 2 rings (SSSR count). The minimum Gasteiger partial charge on any atom is -0.462 e. The second kappa shape index (κ2) is 4.70. The Morgan fingerprint density at radius 1 is 1.29 bits per heavy atom. The van der Waals surface area contributed by atoms with Crippen LogP contribution in [0.3, 0.4) is 0 Å². The van der Waals surface area contributed by atoms with Gasteiger partial charge in [0.05, 0.1) is 5.69 Å². The SMILES string of the molecule is C=C(CC(=O)c1ccccc1)c1cc(N)co1. The molecule has 0 aliphatic rings. The van der Waals surface area contributed by atoms with Crippen LogP contribution in [0.2, 0.25) is 0 Å². The Balaban J connectivity index is 2.07. The molecule has 0 atom stereocenters. The zero-order valence-electron chi connectivity index (χ0n) is 9.35. The highest BCUT2D eigenvalue weighted by atomic mass is 16.3. The molecule has 0 saturated carbocycles. The van der Waals surface area contributed by atoms with E-state index >= 15 is 0 Å². The number of carbonyl (C=O) groups excluding carboxylic acids is 1. The van der Waals surface area contributed by atoms with Crippen LogP contribution in [-0.4, -0.2) is 5.78 Å². The van der Waals surface area contributed by atoms with Crippen LogP contribution in [0, 0.1) is 0 Å². The van der Waals surface area contributed by atoms with Gasteiger partial charge in [0, 0.05) is 18.1 Å². The lowest BCUT2D eigenvalue weighted by Crippen LogP contribution is -1.99. The average molecular weight is 227 g/mol. The van der Waals surface area contributed by atoms with Gasteiger partial charge in [-0.1, -0.05) is 36.9 Å². The van der Waals surface area contributed by atoms with Crippen LogP contribution in [0.4, 0.5) is 5.69 Å². The molecule has 0 bridgehead atoms. The summed E-state index contributed by atoms with van der Waals surface area (Å²) in [5.74, 6) is 0.581. The normalized spacial score (nSPS) is 10.1. The maximum Gasteiger partial charge on any atom is 0.167 e. The Kier molecular flexibility index (Phi) is 3.10. The minimum absolute atomic E-state index is 0.0190. The summed E-state index contributed by atoms with van der Waals surface area (Å²) in [5, 5.41) is 0.